The molecule has 0 radical (unpaired) electrons. The first kappa shape index (κ1) is 20.6. The van der Waals surface area contributed by atoms with Crippen LogP contribution in [0, 0.1) is 0 Å². The summed E-state index contributed by atoms with van der Waals surface area (Å²) in [5.41, 5.74) is 1.64. The molecular formula is C20H17F2N5O3. The monoisotopic (exact) mass is 413 g/mol. The van der Waals surface area contributed by atoms with E-state index in [2.05, 4.69) is 25.5 Å². The quantitative estimate of drug-likeness (QED) is 0.554. The van der Waals surface area contributed by atoms with Crippen LogP contribution in [0.4, 0.5) is 14.5 Å². The zero-order chi connectivity index (χ0) is 21.3. The van der Waals surface area contributed by atoms with Crippen LogP contribution in [0.15, 0.2) is 67.3 Å². The van der Waals surface area contributed by atoms with Crippen LogP contribution in [0.3, 0.4) is 0 Å². The molecule has 10 heteroatoms. The Morgan fingerprint density at radius 1 is 1.13 bits per heavy atom. The number of hydrogen-bond acceptors (Lipinski definition) is 5. The van der Waals surface area contributed by atoms with Gasteiger partial charge in [0.15, 0.2) is 0 Å². The van der Waals surface area contributed by atoms with E-state index in [0.717, 1.165) is 11.8 Å². The van der Waals surface area contributed by atoms with E-state index in [1.54, 1.807) is 41.3 Å². The Hall–Kier alpha value is -4.08. The van der Waals surface area contributed by atoms with E-state index in [1.165, 1.54) is 30.6 Å². The molecule has 2 N–H and O–H groups in total. The first-order valence-corrected chi connectivity index (χ1v) is 8.76. The summed E-state index contributed by atoms with van der Waals surface area (Å²) < 4.78 is 30.8. The first-order chi connectivity index (χ1) is 14.5. The predicted octanol–water partition coefficient (Wildman–Crippen LogP) is 2.64. The third-order valence-electron chi connectivity index (χ3n) is 3.81. The second kappa shape index (κ2) is 9.92. The van der Waals surface area contributed by atoms with Gasteiger partial charge in [-0.25, -0.2) is 9.67 Å². The van der Waals surface area contributed by atoms with Gasteiger partial charge in [0, 0.05) is 17.3 Å². The molecular weight excluding hydrogens is 396 g/mol. The second-order valence-electron chi connectivity index (χ2n) is 5.90. The number of para-hydroxylation sites is 1. The van der Waals surface area contributed by atoms with Gasteiger partial charge >= 0.3 is 6.61 Å². The first-order valence-electron chi connectivity index (χ1n) is 8.76. The van der Waals surface area contributed by atoms with E-state index >= 15 is 0 Å². The van der Waals surface area contributed by atoms with Gasteiger partial charge in [-0.3, -0.25) is 9.59 Å². The van der Waals surface area contributed by atoms with Crippen molar-refractivity contribution in [3.63, 3.8) is 0 Å². The Balaban J connectivity index is 1.49. The van der Waals surface area contributed by atoms with Crippen molar-refractivity contribution in [1.29, 1.82) is 0 Å². The SMILES string of the molecule is O=C(/C=C/c1ccccc1OC(F)F)NCC(=O)Nc1ccc(-n2cncn2)cc1. The Labute approximate surface area is 170 Å². The summed E-state index contributed by atoms with van der Waals surface area (Å²) in [7, 11) is 0. The lowest BCUT2D eigenvalue weighted by Crippen LogP contribution is -2.31. The third-order valence-corrected chi connectivity index (χ3v) is 3.81. The summed E-state index contributed by atoms with van der Waals surface area (Å²) in [6.07, 6.45) is 5.42. The van der Waals surface area contributed by atoms with Crippen LogP contribution in [0.2, 0.25) is 0 Å². The van der Waals surface area contributed by atoms with Crippen molar-refractivity contribution in [2.45, 2.75) is 6.61 Å². The van der Waals surface area contributed by atoms with Gasteiger partial charge in [-0.05, 0) is 36.4 Å². The average Bonchev–Trinajstić information content (AvgIpc) is 3.27. The molecule has 1 heterocycles. The highest BCUT2D eigenvalue weighted by molar-refractivity contribution is 5.98. The number of carbonyl (C=O) groups is 2. The standard InChI is InChI=1S/C20H17F2N5O3/c21-20(22)30-17-4-2-1-3-14(17)5-10-18(28)24-11-19(29)26-15-6-8-16(9-7-15)27-13-23-12-25-27/h1-10,12-13,20H,11H2,(H,24,28)(H,26,29)/b10-5+. The number of anilines is 1. The fraction of sp³-hybridized carbons (Fsp3) is 0.100. The molecule has 8 nitrogen and oxygen atoms in total. The molecule has 0 aliphatic carbocycles. The van der Waals surface area contributed by atoms with Crippen LogP contribution in [-0.2, 0) is 9.59 Å². The van der Waals surface area contributed by atoms with Crippen molar-refractivity contribution >= 4 is 23.6 Å². The molecule has 0 spiro atoms. The molecule has 1 aromatic heterocycles. The van der Waals surface area contributed by atoms with Gasteiger partial charge in [0.1, 0.15) is 18.4 Å². The van der Waals surface area contributed by atoms with Gasteiger partial charge in [0.25, 0.3) is 0 Å². The Morgan fingerprint density at radius 3 is 2.60 bits per heavy atom. The minimum Gasteiger partial charge on any atom is -0.434 e. The fourth-order valence-electron chi connectivity index (χ4n) is 2.46. The molecule has 0 saturated heterocycles. The highest BCUT2D eigenvalue weighted by atomic mass is 19.3. The lowest BCUT2D eigenvalue weighted by atomic mass is 10.2. The number of halogens is 2. The van der Waals surface area contributed by atoms with E-state index in [4.69, 9.17) is 0 Å². The van der Waals surface area contributed by atoms with Crippen LogP contribution in [0.5, 0.6) is 5.75 Å². The largest absolute Gasteiger partial charge is 0.434 e. The number of nitrogens with zero attached hydrogens (tertiary/aromatic N) is 3. The Kier molecular flexibility index (Phi) is 6.83. The number of nitrogens with one attached hydrogen (secondary N) is 2. The van der Waals surface area contributed by atoms with E-state index in [9.17, 15) is 18.4 Å². The zero-order valence-corrected chi connectivity index (χ0v) is 15.5. The maximum absolute atomic E-state index is 12.4. The number of rotatable bonds is 8. The smallest absolute Gasteiger partial charge is 0.387 e. The molecule has 2 amide bonds. The highest BCUT2D eigenvalue weighted by Crippen LogP contribution is 2.21. The molecule has 0 aliphatic rings. The zero-order valence-electron chi connectivity index (χ0n) is 15.5. The van der Waals surface area contributed by atoms with Crippen molar-refractivity contribution in [2.75, 3.05) is 11.9 Å². The number of amides is 2. The van der Waals surface area contributed by atoms with Crippen LogP contribution >= 0.6 is 0 Å². The molecule has 154 valence electrons. The summed E-state index contributed by atoms with van der Waals surface area (Å²) in [5.74, 6) is -1.03. The molecule has 0 saturated carbocycles. The van der Waals surface area contributed by atoms with Crippen molar-refractivity contribution in [3.05, 3.63) is 72.8 Å². The molecule has 30 heavy (non-hydrogen) atoms. The topological polar surface area (TPSA) is 98.1 Å². The number of carbonyl (C=O) groups excluding carboxylic acids is 2. The van der Waals surface area contributed by atoms with Crippen LogP contribution in [0.1, 0.15) is 5.56 Å². The van der Waals surface area contributed by atoms with Crippen molar-refractivity contribution in [3.8, 4) is 11.4 Å². The minimum absolute atomic E-state index is 0.0522. The summed E-state index contributed by atoms with van der Waals surface area (Å²) in [5, 5.41) is 9.07. The van der Waals surface area contributed by atoms with Crippen LogP contribution in [0.25, 0.3) is 11.8 Å². The number of benzene rings is 2. The van der Waals surface area contributed by atoms with E-state index < -0.39 is 18.4 Å². The number of alkyl halides is 2. The van der Waals surface area contributed by atoms with Gasteiger partial charge < -0.3 is 15.4 Å². The molecule has 3 aromatic rings. The summed E-state index contributed by atoms with van der Waals surface area (Å²) >= 11 is 0. The predicted molar refractivity (Wildman–Crippen MR) is 105 cm³/mol. The number of aromatic nitrogens is 3. The third kappa shape index (κ3) is 5.96. The van der Waals surface area contributed by atoms with Gasteiger partial charge in [-0.1, -0.05) is 18.2 Å². The molecule has 3 rings (SSSR count). The fourth-order valence-corrected chi connectivity index (χ4v) is 2.46. The highest BCUT2D eigenvalue weighted by Gasteiger charge is 2.08. The molecule has 0 fully saturated rings. The van der Waals surface area contributed by atoms with E-state index in [1.807, 2.05) is 0 Å². The van der Waals surface area contributed by atoms with Crippen LogP contribution < -0.4 is 15.4 Å². The molecule has 0 aliphatic heterocycles. The maximum Gasteiger partial charge on any atom is 0.387 e. The van der Waals surface area contributed by atoms with Crippen molar-refractivity contribution in [1.82, 2.24) is 20.1 Å². The normalized spacial score (nSPS) is 10.9. The van der Waals surface area contributed by atoms with Crippen molar-refractivity contribution in [2.24, 2.45) is 0 Å². The number of ether oxygens (including phenoxy) is 1. The van der Waals surface area contributed by atoms with E-state index in [-0.39, 0.29) is 12.3 Å². The van der Waals surface area contributed by atoms with Crippen molar-refractivity contribution < 1.29 is 23.1 Å². The summed E-state index contributed by atoms with van der Waals surface area (Å²) in [6, 6.07) is 12.9. The lowest BCUT2D eigenvalue weighted by molar-refractivity contribution is -0.121. The summed E-state index contributed by atoms with van der Waals surface area (Å²) in [4.78, 5) is 27.8. The molecule has 0 bridgehead atoms. The number of hydrogen-bond donors (Lipinski definition) is 2. The molecule has 0 unspecified atom stereocenters. The van der Waals surface area contributed by atoms with Crippen LogP contribution in [-0.4, -0.2) is 39.7 Å². The van der Waals surface area contributed by atoms with Gasteiger partial charge in [0.05, 0.1) is 12.2 Å². The summed E-state index contributed by atoms with van der Waals surface area (Å²) in [6.45, 7) is -3.23. The van der Waals surface area contributed by atoms with Gasteiger partial charge in [-0.2, -0.15) is 13.9 Å². The van der Waals surface area contributed by atoms with Gasteiger partial charge in [-0.15, -0.1) is 0 Å². The molecule has 0 atom stereocenters. The second-order valence-corrected chi connectivity index (χ2v) is 5.90. The minimum atomic E-state index is -2.97. The lowest BCUT2D eigenvalue weighted by Gasteiger charge is -2.08. The molecule has 2 aromatic carbocycles. The van der Waals surface area contributed by atoms with E-state index in [0.29, 0.717) is 11.3 Å². The average molecular weight is 413 g/mol. The Bertz CT molecular complexity index is 1020. The maximum atomic E-state index is 12.4. The van der Waals surface area contributed by atoms with Gasteiger partial charge in [0.2, 0.25) is 11.8 Å². The Morgan fingerprint density at radius 2 is 1.90 bits per heavy atom.